The van der Waals surface area contributed by atoms with E-state index in [4.69, 9.17) is 11.5 Å². The Bertz CT molecular complexity index is 1490. The molecule has 0 spiro atoms. The van der Waals surface area contributed by atoms with Crippen molar-refractivity contribution in [3.05, 3.63) is 145 Å². The minimum Gasteiger partial charge on any atom is -0.404 e. The van der Waals surface area contributed by atoms with E-state index in [1.54, 1.807) is 6.20 Å². The summed E-state index contributed by atoms with van der Waals surface area (Å²) in [6.07, 6.45) is 1.68. The zero-order valence-corrected chi connectivity index (χ0v) is 21.3. The highest BCUT2D eigenvalue weighted by Gasteiger charge is 2.12. The number of hydrogen-bond acceptors (Lipinski definition) is 4. The lowest BCUT2D eigenvalue weighted by Crippen LogP contribution is -2.16. The third kappa shape index (κ3) is 5.94. The molecule has 0 aliphatic heterocycles. The van der Waals surface area contributed by atoms with Crippen LogP contribution in [0.5, 0.6) is 0 Å². The Morgan fingerprint density at radius 2 is 1.24 bits per heavy atom. The first-order chi connectivity index (χ1) is 18.7. The van der Waals surface area contributed by atoms with E-state index in [1.807, 2.05) is 36.4 Å². The summed E-state index contributed by atoms with van der Waals surface area (Å²) >= 11 is 0. The maximum atomic E-state index is 6.56. The Kier molecular flexibility index (Phi) is 7.83. The molecule has 0 fully saturated rings. The zero-order chi connectivity index (χ0) is 26.2. The van der Waals surface area contributed by atoms with Crippen LogP contribution >= 0.6 is 0 Å². The number of hydrogen-bond donors (Lipinski definition) is 4. The molecule has 0 heterocycles. The van der Waals surface area contributed by atoms with Crippen LogP contribution in [0.2, 0.25) is 0 Å². The van der Waals surface area contributed by atoms with E-state index in [0.29, 0.717) is 6.54 Å². The Morgan fingerprint density at radius 3 is 1.84 bits per heavy atom. The maximum absolute atomic E-state index is 6.56. The molecular formula is C34H32N4. The lowest BCUT2D eigenvalue weighted by atomic mass is 9.95. The third-order valence-electron chi connectivity index (χ3n) is 6.58. The predicted octanol–water partition coefficient (Wildman–Crippen LogP) is 7.44. The van der Waals surface area contributed by atoms with Gasteiger partial charge in [-0.1, -0.05) is 103 Å². The first kappa shape index (κ1) is 24.9. The standard InChI is InChI=1S/C34H32N4/c35-22-29(24-37-23-25-10-4-1-5-11-25)26-16-18-30(19-17-26)38-34-21-33(36)31(27-12-6-2-7-13-27)20-32(34)28-14-8-3-9-15-28/h1-22,37-38H,23-24,35-36H2/b29-22+. The van der Waals surface area contributed by atoms with Gasteiger partial charge in [0.05, 0.1) is 0 Å². The molecule has 188 valence electrons. The van der Waals surface area contributed by atoms with Gasteiger partial charge in [-0.25, -0.2) is 0 Å². The summed E-state index contributed by atoms with van der Waals surface area (Å²) in [4.78, 5) is 0. The summed E-state index contributed by atoms with van der Waals surface area (Å²) in [5.74, 6) is 0. The van der Waals surface area contributed by atoms with Gasteiger partial charge in [0.15, 0.2) is 0 Å². The van der Waals surface area contributed by atoms with Crippen LogP contribution in [0.4, 0.5) is 17.1 Å². The van der Waals surface area contributed by atoms with E-state index >= 15 is 0 Å². The van der Waals surface area contributed by atoms with Crippen LogP contribution in [-0.2, 0) is 6.54 Å². The molecule has 0 aromatic heterocycles. The smallest absolute Gasteiger partial charge is 0.0485 e. The highest BCUT2D eigenvalue weighted by molar-refractivity contribution is 5.91. The second kappa shape index (κ2) is 12.0. The Balaban J connectivity index is 1.37. The van der Waals surface area contributed by atoms with Gasteiger partial charge in [0.1, 0.15) is 0 Å². The Morgan fingerprint density at radius 1 is 0.658 bits per heavy atom. The van der Waals surface area contributed by atoms with Gasteiger partial charge in [-0.3, -0.25) is 0 Å². The number of benzene rings is 5. The molecule has 0 radical (unpaired) electrons. The van der Waals surface area contributed by atoms with Crippen LogP contribution in [0.1, 0.15) is 11.1 Å². The van der Waals surface area contributed by atoms with Crippen molar-refractivity contribution in [1.82, 2.24) is 5.32 Å². The number of nitrogens with two attached hydrogens (primary N) is 2. The number of nitrogens with one attached hydrogen (secondary N) is 2. The van der Waals surface area contributed by atoms with E-state index < -0.39 is 0 Å². The number of nitrogen functional groups attached to an aromatic ring is 1. The molecule has 4 heteroatoms. The van der Waals surface area contributed by atoms with Crippen molar-refractivity contribution in [3.63, 3.8) is 0 Å². The molecule has 0 saturated carbocycles. The van der Waals surface area contributed by atoms with Crippen LogP contribution < -0.4 is 22.1 Å². The van der Waals surface area contributed by atoms with Crippen LogP contribution in [0.3, 0.4) is 0 Å². The molecule has 0 bridgehead atoms. The first-order valence-corrected chi connectivity index (χ1v) is 12.8. The Hall–Kier alpha value is -4.80. The predicted molar refractivity (Wildman–Crippen MR) is 162 cm³/mol. The van der Waals surface area contributed by atoms with Gasteiger partial charge in [-0.15, -0.1) is 0 Å². The molecule has 38 heavy (non-hydrogen) atoms. The maximum Gasteiger partial charge on any atom is 0.0485 e. The van der Waals surface area contributed by atoms with Gasteiger partial charge < -0.3 is 22.1 Å². The summed E-state index contributed by atoms with van der Waals surface area (Å²) in [6, 6.07) is 43.5. The van der Waals surface area contributed by atoms with E-state index in [-0.39, 0.29) is 0 Å². The topological polar surface area (TPSA) is 76.1 Å². The van der Waals surface area contributed by atoms with Crippen molar-refractivity contribution in [3.8, 4) is 22.3 Å². The molecule has 0 amide bonds. The number of rotatable bonds is 9. The summed E-state index contributed by atoms with van der Waals surface area (Å²) in [5.41, 5.74) is 22.9. The van der Waals surface area contributed by atoms with Crippen LogP contribution in [0.25, 0.3) is 27.8 Å². The van der Waals surface area contributed by atoms with E-state index in [1.165, 1.54) is 5.56 Å². The van der Waals surface area contributed by atoms with Crippen molar-refractivity contribution in [2.24, 2.45) is 5.73 Å². The van der Waals surface area contributed by atoms with E-state index in [9.17, 15) is 0 Å². The normalized spacial score (nSPS) is 11.3. The van der Waals surface area contributed by atoms with Gasteiger partial charge in [0.2, 0.25) is 0 Å². The molecule has 5 rings (SSSR count). The summed E-state index contributed by atoms with van der Waals surface area (Å²) in [7, 11) is 0. The number of anilines is 3. The zero-order valence-electron chi connectivity index (χ0n) is 21.3. The molecule has 6 N–H and O–H groups in total. The molecule has 5 aromatic rings. The molecule has 0 atom stereocenters. The summed E-state index contributed by atoms with van der Waals surface area (Å²) in [6.45, 7) is 1.48. The fourth-order valence-electron chi connectivity index (χ4n) is 4.56. The first-order valence-electron chi connectivity index (χ1n) is 12.8. The molecule has 0 aliphatic carbocycles. The lowest BCUT2D eigenvalue weighted by Gasteiger charge is -2.17. The molecule has 4 nitrogen and oxygen atoms in total. The monoisotopic (exact) mass is 496 g/mol. The average molecular weight is 497 g/mol. The molecule has 0 aliphatic rings. The van der Waals surface area contributed by atoms with Gasteiger partial charge in [-0.05, 0) is 58.3 Å². The second-order valence-corrected chi connectivity index (χ2v) is 9.20. The quantitative estimate of drug-likeness (QED) is 0.160. The van der Waals surface area contributed by atoms with E-state index in [2.05, 4.69) is 102 Å². The van der Waals surface area contributed by atoms with E-state index in [0.717, 1.165) is 57.0 Å². The van der Waals surface area contributed by atoms with Crippen molar-refractivity contribution < 1.29 is 0 Å². The van der Waals surface area contributed by atoms with Gasteiger partial charge in [-0.2, -0.15) is 0 Å². The SMILES string of the molecule is N/C=C(\CNCc1ccccc1)c1ccc(Nc2cc(N)c(-c3ccccc3)cc2-c2ccccc2)cc1. The highest BCUT2D eigenvalue weighted by Crippen LogP contribution is 2.38. The fourth-order valence-corrected chi connectivity index (χ4v) is 4.56. The minimum atomic E-state index is 0.688. The molecule has 5 aromatic carbocycles. The Labute approximate surface area is 224 Å². The van der Waals surface area contributed by atoms with Crippen molar-refractivity contribution in [2.75, 3.05) is 17.6 Å². The van der Waals surface area contributed by atoms with Gasteiger partial charge in [0, 0.05) is 41.3 Å². The van der Waals surface area contributed by atoms with Crippen LogP contribution in [0, 0.1) is 0 Å². The van der Waals surface area contributed by atoms with Crippen molar-refractivity contribution in [1.29, 1.82) is 0 Å². The minimum absolute atomic E-state index is 0.688. The summed E-state index contributed by atoms with van der Waals surface area (Å²) < 4.78 is 0. The molecular weight excluding hydrogens is 464 g/mol. The van der Waals surface area contributed by atoms with Gasteiger partial charge >= 0.3 is 0 Å². The second-order valence-electron chi connectivity index (χ2n) is 9.20. The average Bonchev–Trinajstić information content (AvgIpc) is 2.97. The van der Waals surface area contributed by atoms with Crippen molar-refractivity contribution in [2.45, 2.75) is 6.54 Å². The van der Waals surface area contributed by atoms with Crippen LogP contribution in [-0.4, -0.2) is 6.54 Å². The van der Waals surface area contributed by atoms with Crippen molar-refractivity contribution >= 4 is 22.6 Å². The van der Waals surface area contributed by atoms with Gasteiger partial charge in [0.25, 0.3) is 0 Å². The highest BCUT2D eigenvalue weighted by atomic mass is 14.9. The third-order valence-corrected chi connectivity index (χ3v) is 6.58. The molecule has 0 saturated heterocycles. The lowest BCUT2D eigenvalue weighted by molar-refractivity contribution is 0.767. The largest absolute Gasteiger partial charge is 0.404 e. The molecule has 0 unspecified atom stereocenters. The fraction of sp³-hybridized carbons (Fsp3) is 0.0588. The van der Waals surface area contributed by atoms with Crippen LogP contribution in [0.15, 0.2) is 134 Å². The summed E-state index contributed by atoms with van der Waals surface area (Å²) in [5, 5.41) is 7.07.